The molecule has 17 heavy (non-hydrogen) atoms. The van der Waals surface area contributed by atoms with Crippen molar-refractivity contribution in [2.45, 2.75) is 31.8 Å². The maximum absolute atomic E-state index is 12.0. The Kier molecular flexibility index (Phi) is 2.31. The van der Waals surface area contributed by atoms with E-state index in [-0.39, 0.29) is 11.7 Å². The van der Waals surface area contributed by atoms with Crippen LogP contribution in [0.4, 0.5) is 0 Å². The molecule has 3 rings (SSSR count). The lowest BCUT2D eigenvalue weighted by molar-refractivity contribution is 0.277. The summed E-state index contributed by atoms with van der Waals surface area (Å²) in [4.78, 5) is 12.0. The maximum Gasteiger partial charge on any atom is 0.364 e. The van der Waals surface area contributed by atoms with Gasteiger partial charge >= 0.3 is 5.69 Å². The van der Waals surface area contributed by atoms with Gasteiger partial charge in [-0.2, -0.15) is 14.5 Å². The number of tetrazole rings is 1. The molecule has 7 nitrogen and oxygen atoms in total. The molecular weight excluding hydrogens is 220 g/mol. The number of hydrogen-bond donors (Lipinski definition) is 0. The van der Waals surface area contributed by atoms with Gasteiger partial charge in [-0.05, 0) is 35.8 Å². The van der Waals surface area contributed by atoms with Crippen molar-refractivity contribution in [3.05, 3.63) is 28.4 Å². The minimum absolute atomic E-state index is 0.139. The van der Waals surface area contributed by atoms with E-state index in [4.69, 9.17) is 0 Å². The first kappa shape index (κ1) is 10.2. The molecule has 0 aliphatic heterocycles. The lowest BCUT2D eigenvalue weighted by atomic mass is 9.93. The van der Waals surface area contributed by atoms with Gasteiger partial charge in [0.25, 0.3) is 0 Å². The summed E-state index contributed by atoms with van der Waals surface area (Å²) < 4.78 is 4.56. The van der Waals surface area contributed by atoms with Crippen LogP contribution in [0.3, 0.4) is 0 Å². The predicted molar refractivity (Wildman–Crippen MR) is 59.5 cm³/mol. The zero-order valence-corrected chi connectivity index (χ0v) is 9.65. The van der Waals surface area contributed by atoms with Crippen LogP contribution >= 0.6 is 0 Å². The molecule has 0 N–H and O–H groups in total. The lowest BCUT2D eigenvalue weighted by Crippen LogP contribution is -2.31. The van der Waals surface area contributed by atoms with Crippen molar-refractivity contribution < 1.29 is 0 Å². The van der Waals surface area contributed by atoms with E-state index in [0.717, 1.165) is 18.5 Å². The Morgan fingerprint density at radius 3 is 2.82 bits per heavy atom. The van der Waals surface area contributed by atoms with Crippen LogP contribution in [-0.4, -0.2) is 29.6 Å². The highest BCUT2D eigenvalue weighted by atomic mass is 16.2. The van der Waals surface area contributed by atoms with E-state index in [1.54, 1.807) is 4.68 Å². The van der Waals surface area contributed by atoms with Crippen molar-refractivity contribution in [3.8, 4) is 0 Å². The van der Waals surface area contributed by atoms with Gasteiger partial charge in [-0.25, -0.2) is 4.79 Å². The summed E-state index contributed by atoms with van der Waals surface area (Å²) in [7, 11) is 1.84. The van der Waals surface area contributed by atoms with Gasteiger partial charge in [0.2, 0.25) is 0 Å². The summed E-state index contributed by atoms with van der Waals surface area (Å²) in [5, 5.41) is 12.0. The second-order valence-corrected chi connectivity index (χ2v) is 4.43. The van der Waals surface area contributed by atoms with Crippen molar-refractivity contribution in [3.63, 3.8) is 0 Å². The Labute approximate surface area is 97.6 Å². The standard InChI is InChI=1S/C10H14N6O/c1-14-6-5-8(11-14)7-15-10(17)16(13-12-15)9-3-2-4-9/h5-6,9H,2-4,7H2,1H3. The molecule has 2 aromatic rings. The molecule has 1 aliphatic carbocycles. The van der Waals surface area contributed by atoms with E-state index in [1.807, 2.05) is 19.3 Å². The highest BCUT2D eigenvalue weighted by Crippen LogP contribution is 2.28. The highest BCUT2D eigenvalue weighted by molar-refractivity contribution is 4.98. The fraction of sp³-hybridized carbons (Fsp3) is 0.600. The number of aromatic nitrogens is 6. The monoisotopic (exact) mass is 234 g/mol. The highest BCUT2D eigenvalue weighted by Gasteiger charge is 2.23. The molecule has 0 radical (unpaired) electrons. The van der Waals surface area contributed by atoms with Crippen molar-refractivity contribution in [1.29, 1.82) is 0 Å². The number of nitrogens with zero attached hydrogens (tertiary/aromatic N) is 6. The van der Waals surface area contributed by atoms with Crippen molar-refractivity contribution >= 4 is 0 Å². The number of aryl methyl sites for hydroxylation is 1. The van der Waals surface area contributed by atoms with Crippen LogP contribution in [-0.2, 0) is 13.6 Å². The van der Waals surface area contributed by atoms with Gasteiger partial charge < -0.3 is 0 Å². The van der Waals surface area contributed by atoms with Crippen LogP contribution in [0.5, 0.6) is 0 Å². The van der Waals surface area contributed by atoms with Crippen LogP contribution in [0.25, 0.3) is 0 Å². The molecule has 0 amide bonds. The van der Waals surface area contributed by atoms with Crippen LogP contribution in [0, 0.1) is 0 Å². The fourth-order valence-corrected chi connectivity index (χ4v) is 1.95. The molecular formula is C10H14N6O. The Hall–Kier alpha value is -1.92. The molecule has 7 heteroatoms. The van der Waals surface area contributed by atoms with E-state index in [9.17, 15) is 4.79 Å². The van der Waals surface area contributed by atoms with E-state index >= 15 is 0 Å². The first-order chi connectivity index (χ1) is 8.24. The quantitative estimate of drug-likeness (QED) is 0.746. The summed E-state index contributed by atoms with van der Waals surface area (Å²) in [5.74, 6) is 0. The molecule has 1 fully saturated rings. The van der Waals surface area contributed by atoms with Crippen LogP contribution in [0.15, 0.2) is 17.1 Å². The largest absolute Gasteiger partial charge is 0.364 e. The summed E-state index contributed by atoms with van der Waals surface area (Å²) >= 11 is 0. The number of hydrogen-bond acceptors (Lipinski definition) is 4. The lowest BCUT2D eigenvalue weighted by Gasteiger charge is -2.23. The van der Waals surface area contributed by atoms with Crippen LogP contribution < -0.4 is 5.69 Å². The van der Waals surface area contributed by atoms with Gasteiger partial charge in [-0.3, -0.25) is 4.68 Å². The first-order valence-corrected chi connectivity index (χ1v) is 5.75. The molecule has 1 saturated carbocycles. The van der Waals surface area contributed by atoms with E-state index < -0.39 is 0 Å². The first-order valence-electron chi connectivity index (χ1n) is 5.75. The van der Waals surface area contributed by atoms with E-state index in [0.29, 0.717) is 6.54 Å². The Balaban J connectivity index is 1.84. The normalized spacial score (nSPS) is 16.1. The van der Waals surface area contributed by atoms with E-state index in [2.05, 4.69) is 15.5 Å². The van der Waals surface area contributed by atoms with Crippen molar-refractivity contribution in [2.75, 3.05) is 0 Å². The summed E-state index contributed by atoms with van der Waals surface area (Å²) in [6.07, 6.45) is 5.07. The Bertz CT molecular complexity index is 576. The number of rotatable bonds is 3. The molecule has 0 aromatic carbocycles. The third-order valence-corrected chi connectivity index (χ3v) is 3.16. The maximum atomic E-state index is 12.0. The fourth-order valence-electron chi connectivity index (χ4n) is 1.95. The molecule has 0 bridgehead atoms. The van der Waals surface area contributed by atoms with E-state index in [1.165, 1.54) is 15.8 Å². The third-order valence-electron chi connectivity index (χ3n) is 3.16. The van der Waals surface area contributed by atoms with Gasteiger partial charge in [0, 0.05) is 13.2 Å². The predicted octanol–water partition coefficient (Wildman–Crippen LogP) is -0.0534. The zero-order chi connectivity index (χ0) is 11.8. The Morgan fingerprint density at radius 2 is 2.24 bits per heavy atom. The second-order valence-electron chi connectivity index (χ2n) is 4.43. The van der Waals surface area contributed by atoms with Crippen LogP contribution in [0.2, 0.25) is 0 Å². The molecule has 2 heterocycles. The minimum atomic E-state index is -0.139. The third kappa shape index (κ3) is 1.77. The van der Waals surface area contributed by atoms with Crippen molar-refractivity contribution in [1.82, 2.24) is 29.6 Å². The molecule has 0 spiro atoms. The van der Waals surface area contributed by atoms with Gasteiger partial charge in [-0.1, -0.05) is 0 Å². The van der Waals surface area contributed by atoms with Gasteiger partial charge in [0.1, 0.15) is 0 Å². The summed E-state index contributed by atoms with van der Waals surface area (Å²) in [6, 6.07) is 2.12. The molecule has 90 valence electrons. The average Bonchev–Trinajstić information content (AvgIpc) is 2.77. The molecule has 1 aliphatic rings. The SMILES string of the molecule is Cn1ccc(Cn2nnn(C3CCC3)c2=O)n1. The average molecular weight is 234 g/mol. The second kappa shape index (κ2) is 3.83. The molecule has 2 aromatic heterocycles. The van der Waals surface area contributed by atoms with Gasteiger partial charge in [0.15, 0.2) is 0 Å². The molecule has 0 saturated heterocycles. The minimum Gasteiger partial charge on any atom is -0.275 e. The molecule has 0 unspecified atom stereocenters. The Morgan fingerprint density at radius 1 is 1.41 bits per heavy atom. The van der Waals surface area contributed by atoms with Crippen molar-refractivity contribution in [2.24, 2.45) is 7.05 Å². The van der Waals surface area contributed by atoms with Gasteiger partial charge in [0.05, 0.1) is 18.3 Å². The summed E-state index contributed by atoms with van der Waals surface area (Å²) in [5.41, 5.74) is 0.676. The topological polar surface area (TPSA) is 70.5 Å². The van der Waals surface area contributed by atoms with Gasteiger partial charge in [-0.15, -0.1) is 0 Å². The zero-order valence-electron chi connectivity index (χ0n) is 9.65. The molecule has 0 atom stereocenters. The summed E-state index contributed by atoms with van der Waals surface area (Å²) in [6.45, 7) is 0.381. The van der Waals surface area contributed by atoms with Crippen LogP contribution in [0.1, 0.15) is 31.0 Å². The smallest absolute Gasteiger partial charge is 0.275 e.